The van der Waals surface area contributed by atoms with Crippen molar-refractivity contribution in [2.24, 2.45) is 5.92 Å². The van der Waals surface area contributed by atoms with Crippen molar-refractivity contribution in [3.05, 3.63) is 52.5 Å². The number of carbonyl (C=O) groups is 3. The lowest BCUT2D eigenvalue weighted by Gasteiger charge is -2.17. The van der Waals surface area contributed by atoms with Gasteiger partial charge in [-0.1, -0.05) is 23.2 Å². The van der Waals surface area contributed by atoms with Crippen LogP contribution >= 0.6 is 23.2 Å². The molecule has 0 aliphatic carbocycles. The lowest BCUT2D eigenvalue weighted by molar-refractivity contribution is -0.126. The van der Waals surface area contributed by atoms with Crippen LogP contribution in [0.25, 0.3) is 0 Å². The number of amides is 3. The summed E-state index contributed by atoms with van der Waals surface area (Å²) >= 11 is 11.8. The summed E-state index contributed by atoms with van der Waals surface area (Å²) in [6.45, 7) is 1.21. The van der Waals surface area contributed by atoms with Crippen molar-refractivity contribution < 1.29 is 23.9 Å². The molecule has 1 atom stereocenters. The second-order valence-electron chi connectivity index (χ2n) is 7.50. The Morgan fingerprint density at radius 2 is 1.88 bits per heavy atom. The monoisotopic (exact) mass is 493 g/mol. The fourth-order valence-electron chi connectivity index (χ4n) is 3.35. The Bertz CT molecular complexity index is 1000. The van der Waals surface area contributed by atoms with Gasteiger partial charge < -0.3 is 25.0 Å². The van der Waals surface area contributed by atoms with E-state index in [4.69, 9.17) is 32.7 Å². The Morgan fingerprint density at radius 1 is 1.12 bits per heavy atom. The van der Waals surface area contributed by atoms with Crippen LogP contribution in [0.2, 0.25) is 10.0 Å². The van der Waals surface area contributed by atoms with E-state index in [0.29, 0.717) is 46.9 Å². The van der Waals surface area contributed by atoms with Crippen LogP contribution in [0.4, 0.5) is 11.4 Å². The second-order valence-corrected chi connectivity index (χ2v) is 8.32. The van der Waals surface area contributed by atoms with Crippen LogP contribution in [0.15, 0.2) is 42.5 Å². The normalized spacial score (nSPS) is 15.4. The smallest absolute Gasteiger partial charge is 0.262 e. The number of hydrogen-bond donors (Lipinski definition) is 2. The molecule has 1 heterocycles. The van der Waals surface area contributed by atoms with Crippen LogP contribution in [0.3, 0.4) is 0 Å². The standard InChI is InChI=1S/C23H25Cl2N3O5/c1-32-10-2-9-26-23(31)15-11-22(30)28(13-15)17-4-6-18(7-5-17)33-14-21(29)27-16-3-8-19(24)20(25)12-16/h3-8,12,15H,2,9-11,13-14H2,1H3,(H,26,31)(H,27,29)/t15-/m1/s1. The van der Waals surface area contributed by atoms with Gasteiger partial charge in [0, 0.05) is 44.6 Å². The average molecular weight is 494 g/mol. The van der Waals surface area contributed by atoms with E-state index in [1.165, 1.54) is 0 Å². The molecule has 1 fully saturated rings. The number of methoxy groups -OCH3 is 1. The Hall–Kier alpha value is -2.81. The van der Waals surface area contributed by atoms with Gasteiger partial charge in [-0.25, -0.2) is 0 Å². The molecule has 10 heteroatoms. The van der Waals surface area contributed by atoms with Crippen molar-refractivity contribution in [2.45, 2.75) is 12.8 Å². The zero-order valence-corrected chi connectivity index (χ0v) is 19.6. The molecule has 3 amide bonds. The molecule has 33 heavy (non-hydrogen) atoms. The third-order valence-corrected chi connectivity index (χ3v) is 5.78. The highest BCUT2D eigenvalue weighted by atomic mass is 35.5. The van der Waals surface area contributed by atoms with Gasteiger partial charge in [0.15, 0.2) is 6.61 Å². The van der Waals surface area contributed by atoms with E-state index in [-0.39, 0.29) is 36.7 Å². The summed E-state index contributed by atoms with van der Waals surface area (Å²) in [5.74, 6) is -0.508. The number of ether oxygens (including phenoxy) is 2. The fourth-order valence-corrected chi connectivity index (χ4v) is 3.65. The number of nitrogens with zero attached hydrogens (tertiary/aromatic N) is 1. The maximum absolute atomic E-state index is 12.4. The number of anilines is 2. The largest absolute Gasteiger partial charge is 0.484 e. The first kappa shape index (κ1) is 24.8. The van der Waals surface area contributed by atoms with E-state index in [2.05, 4.69) is 10.6 Å². The number of hydrogen-bond acceptors (Lipinski definition) is 5. The molecule has 1 saturated heterocycles. The molecular formula is C23H25Cl2N3O5. The van der Waals surface area contributed by atoms with Gasteiger partial charge in [-0.15, -0.1) is 0 Å². The third kappa shape index (κ3) is 7.08. The van der Waals surface area contributed by atoms with Crippen molar-refractivity contribution >= 4 is 52.3 Å². The Morgan fingerprint density at radius 3 is 2.58 bits per heavy atom. The second kappa shape index (κ2) is 11.9. The lowest BCUT2D eigenvalue weighted by Crippen LogP contribution is -2.33. The molecule has 8 nitrogen and oxygen atoms in total. The van der Waals surface area contributed by atoms with Crippen LogP contribution in [0.1, 0.15) is 12.8 Å². The summed E-state index contributed by atoms with van der Waals surface area (Å²) in [7, 11) is 1.61. The van der Waals surface area contributed by atoms with E-state index < -0.39 is 0 Å². The molecule has 1 aliphatic rings. The first-order valence-electron chi connectivity index (χ1n) is 10.4. The molecule has 1 aliphatic heterocycles. The summed E-state index contributed by atoms with van der Waals surface area (Å²) in [5, 5.41) is 6.26. The molecular weight excluding hydrogens is 469 g/mol. The minimum absolute atomic E-state index is 0.110. The number of rotatable bonds is 10. The van der Waals surface area contributed by atoms with Gasteiger partial charge in [0.25, 0.3) is 5.91 Å². The van der Waals surface area contributed by atoms with Gasteiger partial charge in [-0.2, -0.15) is 0 Å². The molecule has 3 rings (SSSR count). The van der Waals surface area contributed by atoms with Crippen LogP contribution in [-0.4, -0.2) is 51.1 Å². The number of carbonyl (C=O) groups excluding carboxylic acids is 3. The first-order valence-corrected chi connectivity index (χ1v) is 11.2. The molecule has 2 N–H and O–H groups in total. The molecule has 0 saturated carbocycles. The van der Waals surface area contributed by atoms with E-state index in [9.17, 15) is 14.4 Å². The van der Waals surface area contributed by atoms with Crippen molar-refractivity contribution in [1.29, 1.82) is 0 Å². The Kier molecular flexibility index (Phi) is 8.94. The average Bonchev–Trinajstić information content (AvgIpc) is 3.20. The molecule has 2 aromatic rings. The molecule has 0 unspecified atom stereocenters. The van der Waals surface area contributed by atoms with E-state index in [1.54, 1.807) is 54.5 Å². The minimum Gasteiger partial charge on any atom is -0.484 e. The van der Waals surface area contributed by atoms with Gasteiger partial charge in [0.05, 0.1) is 16.0 Å². The Labute approximate surface area is 202 Å². The molecule has 0 aromatic heterocycles. The number of benzene rings is 2. The van der Waals surface area contributed by atoms with Gasteiger partial charge >= 0.3 is 0 Å². The summed E-state index contributed by atoms with van der Waals surface area (Å²) in [4.78, 5) is 38.4. The topological polar surface area (TPSA) is 97.0 Å². The van der Waals surface area contributed by atoms with Gasteiger partial charge in [-0.3, -0.25) is 14.4 Å². The van der Waals surface area contributed by atoms with Crippen LogP contribution in [0.5, 0.6) is 5.75 Å². The van der Waals surface area contributed by atoms with Gasteiger partial charge in [0.1, 0.15) is 5.75 Å². The molecule has 0 radical (unpaired) electrons. The fraction of sp³-hybridized carbons (Fsp3) is 0.348. The van der Waals surface area contributed by atoms with Crippen LogP contribution in [-0.2, 0) is 19.1 Å². The summed E-state index contributed by atoms with van der Waals surface area (Å²) in [6.07, 6.45) is 0.892. The highest BCUT2D eigenvalue weighted by Crippen LogP contribution is 2.27. The number of nitrogens with one attached hydrogen (secondary N) is 2. The quantitative estimate of drug-likeness (QED) is 0.493. The summed E-state index contributed by atoms with van der Waals surface area (Å²) in [6, 6.07) is 11.6. The van der Waals surface area contributed by atoms with Crippen molar-refractivity contribution in [3.8, 4) is 5.75 Å². The zero-order chi connectivity index (χ0) is 23.8. The predicted octanol–water partition coefficient (Wildman–Crippen LogP) is 3.52. The van der Waals surface area contributed by atoms with Gasteiger partial charge in [-0.05, 0) is 48.9 Å². The minimum atomic E-state index is -0.388. The molecule has 0 spiro atoms. The third-order valence-electron chi connectivity index (χ3n) is 5.04. The Balaban J connectivity index is 1.48. The zero-order valence-electron chi connectivity index (χ0n) is 18.1. The molecule has 176 valence electrons. The maximum atomic E-state index is 12.4. The maximum Gasteiger partial charge on any atom is 0.262 e. The lowest BCUT2D eigenvalue weighted by atomic mass is 10.1. The summed E-state index contributed by atoms with van der Waals surface area (Å²) < 4.78 is 10.5. The van der Waals surface area contributed by atoms with Crippen LogP contribution in [0, 0.1) is 5.92 Å². The predicted molar refractivity (Wildman–Crippen MR) is 127 cm³/mol. The summed E-state index contributed by atoms with van der Waals surface area (Å²) in [5.41, 5.74) is 1.18. The van der Waals surface area contributed by atoms with E-state index >= 15 is 0 Å². The van der Waals surface area contributed by atoms with Crippen molar-refractivity contribution in [2.75, 3.05) is 43.6 Å². The number of halogens is 2. The highest BCUT2D eigenvalue weighted by molar-refractivity contribution is 6.42. The SMILES string of the molecule is COCCCNC(=O)[C@@H]1CC(=O)N(c2ccc(OCC(=O)Nc3ccc(Cl)c(Cl)c3)cc2)C1. The molecule has 2 aromatic carbocycles. The highest BCUT2D eigenvalue weighted by Gasteiger charge is 2.34. The van der Waals surface area contributed by atoms with Crippen molar-refractivity contribution in [3.63, 3.8) is 0 Å². The molecule has 0 bridgehead atoms. The van der Waals surface area contributed by atoms with Gasteiger partial charge in [0.2, 0.25) is 11.8 Å². The van der Waals surface area contributed by atoms with E-state index in [0.717, 1.165) is 6.42 Å². The van der Waals surface area contributed by atoms with E-state index in [1.807, 2.05) is 0 Å². The first-order chi connectivity index (χ1) is 15.9. The van der Waals surface area contributed by atoms with Crippen molar-refractivity contribution in [1.82, 2.24) is 5.32 Å². The van der Waals surface area contributed by atoms with Crippen LogP contribution < -0.4 is 20.3 Å².